The summed E-state index contributed by atoms with van der Waals surface area (Å²) in [4.78, 5) is 2.27. The van der Waals surface area contributed by atoms with Crippen molar-refractivity contribution in [3.8, 4) is 0 Å². The average Bonchev–Trinajstić information content (AvgIpc) is 3.41. The molecule has 0 amide bonds. The molecule has 0 spiro atoms. The van der Waals surface area contributed by atoms with E-state index in [9.17, 15) is 21.4 Å². The van der Waals surface area contributed by atoms with Crippen LogP contribution in [0, 0.1) is 0 Å². The quantitative estimate of drug-likeness (QED) is 0.211. The minimum absolute atomic E-state index is 0. The number of anilines is 1. The molecule has 2 aromatic rings. The molecule has 3 aliphatic rings. The molecule has 5 rings (SSSR count). The van der Waals surface area contributed by atoms with Crippen molar-refractivity contribution < 1.29 is 85.1 Å². The van der Waals surface area contributed by atoms with E-state index >= 15 is 0 Å². The van der Waals surface area contributed by atoms with E-state index in [1.807, 2.05) is 19.1 Å². The molecular weight excluding hydrogens is 726 g/mol. The summed E-state index contributed by atoms with van der Waals surface area (Å²) in [5.74, 6) is -0.438. The van der Waals surface area contributed by atoms with Crippen molar-refractivity contribution in [2.45, 2.75) is 96.4 Å². The number of fused-ring (bicyclic) bond motifs is 2. The molecule has 1 aliphatic carbocycles. The summed E-state index contributed by atoms with van der Waals surface area (Å²) in [6.07, 6.45) is 13.9. The van der Waals surface area contributed by atoms with Gasteiger partial charge in [0.1, 0.15) is 0 Å². The zero-order valence-corrected chi connectivity index (χ0v) is 37.5. The van der Waals surface area contributed by atoms with Crippen molar-refractivity contribution in [2.24, 2.45) is 0 Å². The zero-order valence-electron chi connectivity index (χ0n) is 31.2. The molecule has 0 saturated carbocycles. The third-order valence-corrected chi connectivity index (χ3v) is 11.7. The van der Waals surface area contributed by atoms with E-state index in [-0.39, 0.29) is 87.5 Å². The van der Waals surface area contributed by atoms with Crippen LogP contribution in [0.15, 0.2) is 94.7 Å². The number of allylic oxidation sites excluding steroid dienone is 7. The van der Waals surface area contributed by atoms with Crippen LogP contribution in [0.3, 0.4) is 0 Å². The molecule has 13 heteroatoms. The van der Waals surface area contributed by atoms with Gasteiger partial charge in [-0.2, -0.15) is 8.42 Å². The van der Waals surface area contributed by atoms with Crippen LogP contribution in [0.2, 0.25) is 0 Å². The van der Waals surface area contributed by atoms with Crippen molar-refractivity contribution in [3.63, 3.8) is 0 Å². The number of rotatable bonds is 11. The zero-order chi connectivity index (χ0) is 36.0. The fraction of sp³-hybridized carbons (Fsp3) is 0.474. The monoisotopic (exact) mass is 774 g/mol. The first-order valence-electron chi connectivity index (χ1n) is 17.0. The third kappa shape index (κ3) is 12.3. The second-order valence-corrected chi connectivity index (χ2v) is 17.5. The van der Waals surface area contributed by atoms with Crippen LogP contribution in [-0.2, 0) is 31.1 Å². The van der Waals surface area contributed by atoms with Crippen molar-refractivity contribution >= 4 is 43.2 Å². The normalized spacial score (nSPS) is 20.6. The Hall–Kier alpha value is -0.890. The first-order chi connectivity index (χ1) is 23.0. The van der Waals surface area contributed by atoms with E-state index in [0.717, 1.165) is 58.9 Å². The van der Waals surface area contributed by atoms with E-state index < -0.39 is 20.2 Å². The molecule has 0 fully saturated rings. The summed E-state index contributed by atoms with van der Waals surface area (Å²) < 4.78 is 61.4. The van der Waals surface area contributed by atoms with Gasteiger partial charge in [-0.1, -0.05) is 125 Å². The molecule has 1 N–H and O–H groups in total. The fourth-order valence-corrected chi connectivity index (χ4v) is 8.26. The van der Waals surface area contributed by atoms with Crippen LogP contribution in [0.5, 0.6) is 0 Å². The average molecular weight is 775 g/mol. The standard InChI is InChI=1S/C34H40ClN2O3S.C4H10O3S.2Na/c1-33(2)26-14-5-7-16-28(26)36-30(33)20-18-24-12-11-13-25(32(24)35)19-21-31-34(3,4)27-15-6-8-17-29(27)37(31)22-9-10-23-41(38,39)40;1-2-3-4-8(5,6)7;;/h5-8,14-21,30H,9-13,22-23H2,1-4H3,(H,38,39,40);2-4H2,1H3,(H,5,6,7);;/q-1;;2*+1/p-1/b20-18+,25-19+,31-21+;;;. The Balaban J connectivity index is 0.000000808. The van der Waals surface area contributed by atoms with Gasteiger partial charge in [0.05, 0.1) is 15.9 Å². The van der Waals surface area contributed by atoms with Gasteiger partial charge in [-0.05, 0) is 72.8 Å². The molecule has 0 radical (unpaired) electrons. The summed E-state index contributed by atoms with van der Waals surface area (Å²) in [6, 6.07) is 16.8. The molecule has 0 bridgehead atoms. The Labute approximate surface area is 355 Å². The number of unbranched alkanes of at least 4 members (excludes halogenated alkanes) is 2. The summed E-state index contributed by atoms with van der Waals surface area (Å²) in [5.41, 5.74) is 7.84. The molecule has 51 heavy (non-hydrogen) atoms. The Kier molecular flexibility index (Phi) is 17.8. The molecule has 8 nitrogen and oxygen atoms in total. The largest absolute Gasteiger partial charge is 1.00 e. The van der Waals surface area contributed by atoms with Gasteiger partial charge >= 0.3 is 59.1 Å². The van der Waals surface area contributed by atoms with E-state index in [2.05, 4.69) is 93.3 Å². The van der Waals surface area contributed by atoms with Gasteiger partial charge in [0.15, 0.2) is 0 Å². The molecule has 268 valence electrons. The van der Waals surface area contributed by atoms with Crippen LogP contribution in [-0.4, -0.2) is 50.0 Å². The smallest absolute Gasteiger partial charge is 0.748 e. The Morgan fingerprint density at radius 3 is 2.18 bits per heavy atom. The Morgan fingerprint density at radius 2 is 1.57 bits per heavy atom. The van der Waals surface area contributed by atoms with Crippen LogP contribution >= 0.6 is 11.6 Å². The Bertz CT molecular complexity index is 1850. The fourth-order valence-electron chi connectivity index (χ4n) is 6.74. The van der Waals surface area contributed by atoms with Gasteiger partial charge in [-0.25, -0.2) is 8.42 Å². The predicted octanol–water partition coefficient (Wildman–Crippen LogP) is 3.20. The number of benzene rings is 2. The van der Waals surface area contributed by atoms with Gasteiger partial charge in [0.25, 0.3) is 10.1 Å². The first-order valence-corrected chi connectivity index (χ1v) is 20.6. The van der Waals surface area contributed by atoms with E-state index in [0.29, 0.717) is 25.8 Å². The molecule has 0 aromatic heterocycles. The number of nitrogens with zero attached hydrogens (tertiary/aromatic N) is 2. The topological polar surface area (TPSA) is 129 Å². The molecule has 1 unspecified atom stereocenters. The van der Waals surface area contributed by atoms with Gasteiger partial charge in [0, 0.05) is 34.1 Å². The Morgan fingerprint density at radius 1 is 0.922 bits per heavy atom. The maximum atomic E-state index is 11.1. The predicted molar refractivity (Wildman–Crippen MR) is 200 cm³/mol. The number of hydrogen-bond donors (Lipinski definition) is 1. The maximum absolute atomic E-state index is 11.1. The van der Waals surface area contributed by atoms with E-state index in [1.54, 1.807) is 0 Å². The van der Waals surface area contributed by atoms with Gasteiger partial charge in [0.2, 0.25) is 0 Å². The minimum atomic E-state index is -4.21. The third-order valence-electron chi connectivity index (χ3n) is 9.58. The summed E-state index contributed by atoms with van der Waals surface area (Å²) in [6.45, 7) is 11.4. The van der Waals surface area contributed by atoms with E-state index in [1.165, 1.54) is 11.1 Å². The van der Waals surface area contributed by atoms with Gasteiger partial charge in [-0.3, -0.25) is 4.55 Å². The molecule has 2 heterocycles. The van der Waals surface area contributed by atoms with Crippen molar-refractivity contribution in [1.82, 2.24) is 0 Å². The summed E-state index contributed by atoms with van der Waals surface area (Å²) >= 11 is 7.02. The van der Waals surface area contributed by atoms with Crippen molar-refractivity contribution in [2.75, 3.05) is 23.0 Å². The second kappa shape index (κ2) is 19.6. The SMILES string of the molecule is CC1(C)/C(=C\C=C2/CCCC(/C=C/C3[N-]c4ccccc4C3(C)C)=C2Cl)N(CCCCS(=O)(=O)[O-])c2ccccc21.CCCCS(=O)(=O)O.[Na+].[Na+]. The molecule has 2 aromatic carbocycles. The molecule has 1 atom stereocenters. The first kappa shape index (κ1) is 46.3. The van der Waals surface area contributed by atoms with Gasteiger partial charge in [-0.15, -0.1) is 5.69 Å². The molecular formula is C38H49ClN2Na2O6S2. The van der Waals surface area contributed by atoms with Crippen LogP contribution < -0.4 is 64.0 Å². The summed E-state index contributed by atoms with van der Waals surface area (Å²) in [7, 11) is -7.89. The van der Waals surface area contributed by atoms with Crippen LogP contribution in [0.25, 0.3) is 5.32 Å². The summed E-state index contributed by atoms with van der Waals surface area (Å²) in [5, 5.41) is 5.79. The van der Waals surface area contributed by atoms with Crippen LogP contribution in [0.1, 0.15) is 90.7 Å². The second-order valence-electron chi connectivity index (χ2n) is 14.0. The van der Waals surface area contributed by atoms with Gasteiger partial charge < -0.3 is 14.8 Å². The molecule has 2 aliphatic heterocycles. The minimum Gasteiger partial charge on any atom is -0.748 e. The van der Waals surface area contributed by atoms with Crippen molar-refractivity contribution in [3.05, 3.63) is 111 Å². The maximum Gasteiger partial charge on any atom is 1.00 e. The number of halogens is 1. The molecule has 0 saturated heterocycles. The number of hydrogen-bond acceptors (Lipinski definition) is 6. The van der Waals surface area contributed by atoms with E-state index in [4.69, 9.17) is 21.5 Å². The number of para-hydroxylation sites is 2. The van der Waals surface area contributed by atoms with Crippen molar-refractivity contribution in [1.29, 1.82) is 0 Å². The van der Waals surface area contributed by atoms with Crippen LogP contribution in [0.4, 0.5) is 11.4 Å².